The zero-order chi connectivity index (χ0) is 21.3. The van der Waals surface area contributed by atoms with Gasteiger partial charge in [0, 0.05) is 5.54 Å². The van der Waals surface area contributed by atoms with Crippen molar-refractivity contribution in [1.29, 1.82) is 0 Å². The summed E-state index contributed by atoms with van der Waals surface area (Å²) in [6.07, 6.45) is 0.716. The highest BCUT2D eigenvalue weighted by Gasteiger charge is 2.20. The largest absolute Gasteiger partial charge is 0.350 e. The topological polar surface area (TPSA) is 61.4 Å². The highest BCUT2D eigenvalue weighted by Crippen LogP contribution is 2.18. The number of hydrogen-bond donors (Lipinski definition) is 2. The molecule has 0 aliphatic rings. The van der Waals surface area contributed by atoms with E-state index < -0.39 is 0 Å². The number of likely N-dealkylation sites (N-methyl/N-ethyl adjacent to an activating group) is 1. The second kappa shape index (κ2) is 10.8. The van der Waals surface area contributed by atoms with Crippen LogP contribution >= 0.6 is 0 Å². The van der Waals surface area contributed by atoms with E-state index in [2.05, 4.69) is 22.8 Å². The maximum Gasteiger partial charge on any atom is 0.234 e. The number of hydrogen-bond acceptors (Lipinski definition) is 3. The molecule has 2 aromatic rings. The van der Waals surface area contributed by atoms with Crippen molar-refractivity contribution in [2.75, 3.05) is 19.6 Å². The van der Waals surface area contributed by atoms with E-state index >= 15 is 0 Å². The highest BCUT2D eigenvalue weighted by molar-refractivity contribution is 5.81. The van der Waals surface area contributed by atoms with Gasteiger partial charge in [0.05, 0.1) is 19.1 Å². The van der Waals surface area contributed by atoms with Crippen molar-refractivity contribution in [3.8, 4) is 0 Å². The van der Waals surface area contributed by atoms with Crippen LogP contribution in [0.5, 0.6) is 0 Å². The summed E-state index contributed by atoms with van der Waals surface area (Å²) in [5.74, 6) is -0.156. The maximum atomic E-state index is 12.8. The molecule has 0 spiro atoms. The SMILES string of the molecule is CCN(CC(=O)N[C@H](Cc1ccccc1)c1ccccc1)CC(=O)NC(C)(C)C. The van der Waals surface area contributed by atoms with Crippen LogP contribution in [-0.2, 0) is 16.0 Å². The van der Waals surface area contributed by atoms with Gasteiger partial charge >= 0.3 is 0 Å². The molecule has 0 saturated heterocycles. The van der Waals surface area contributed by atoms with E-state index in [0.29, 0.717) is 13.0 Å². The zero-order valence-electron chi connectivity index (χ0n) is 17.9. The van der Waals surface area contributed by atoms with Crippen LogP contribution in [0.3, 0.4) is 0 Å². The molecule has 29 heavy (non-hydrogen) atoms. The van der Waals surface area contributed by atoms with Gasteiger partial charge in [0.25, 0.3) is 0 Å². The third-order valence-corrected chi connectivity index (χ3v) is 4.52. The molecule has 0 aliphatic carbocycles. The molecule has 0 unspecified atom stereocenters. The van der Waals surface area contributed by atoms with Crippen molar-refractivity contribution in [3.63, 3.8) is 0 Å². The highest BCUT2D eigenvalue weighted by atomic mass is 16.2. The Labute approximate surface area is 174 Å². The number of carbonyl (C=O) groups is 2. The molecule has 5 nitrogen and oxygen atoms in total. The van der Waals surface area contributed by atoms with Gasteiger partial charge in [0.1, 0.15) is 0 Å². The molecule has 5 heteroatoms. The van der Waals surface area contributed by atoms with Gasteiger partial charge in [-0.3, -0.25) is 14.5 Å². The number of carbonyl (C=O) groups excluding carboxylic acids is 2. The predicted molar refractivity (Wildman–Crippen MR) is 117 cm³/mol. The Kier molecular flexibility index (Phi) is 8.40. The van der Waals surface area contributed by atoms with Gasteiger partial charge in [-0.15, -0.1) is 0 Å². The fourth-order valence-corrected chi connectivity index (χ4v) is 3.17. The Bertz CT molecular complexity index is 770. The first-order valence-corrected chi connectivity index (χ1v) is 10.2. The molecular formula is C24H33N3O2. The molecule has 2 aromatic carbocycles. The molecular weight excluding hydrogens is 362 g/mol. The fraction of sp³-hybridized carbons (Fsp3) is 0.417. The van der Waals surface area contributed by atoms with Crippen molar-refractivity contribution in [2.45, 2.75) is 45.7 Å². The normalized spacial score (nSPS) is 12.4. The first-order valence-electron chi connectivity index (χ1n) is 10.2. The lowest BCUT2D eigenvalue weighted by Gasteiger charge is -2.25. The molecule has 1 atom stereocenters. The molecule has 2 N–H and O–H groups in total. The summed E-state index contributed by atoms with van der Waals surface area (Å²) < 4.78 is 0. The van der Waals surface area contributed by atoms with Gasteiger partial charge in [-0.2, -0.15) is 0 Å². The van der Waals surface area contributed by atoms with Crippen LogP contribution in [0.1, 0.15) is 44.9 Å². The minimum absolute atomic E-state index is 0.0731. The number of benzene rings is 2. The number of amides is 2. The maximum absolute atomic E-state index is 12.8. The first-order chi connectivity index (χ1) is 13.8. The van der Waals surface area contributed by atoms with Crippen LogP contribution in [0.2, 0.25) is 0 Å². The Morgan fingerprint density at radius 2 is 1.45 bits per heavy atom. The standard InChI is InChI=1S/C24H33N3O2/c1-5-27(18-23(29)26-24(2,3)4)17-22(28)25-21(20-14-10-7-11-15-20)16-19-12-8-6-9-13-19/h6-15,21H,5,16-18H2,1-4H3,(H,25,28)(H,26,29)/t21-/m1/s1. The van der Waals surface area contributed by atoms with E-state index in [-0.39, 0.29) is 36.5 Å². The second-order valence-electron chi connectivity index (χ2n) is 8.32. The van der Waals surface area contributed by atoms with Gasteiger partial charge in [-0.25, -0.2) is 0 Å². The lowest BCUT2D eigenvalue weighted by atomic mass is 9.99. The van der Waals surface area contributed by atoms with E-state index in [9.17, 15) is 9.59 Å². The van der Waals surface area contributed by atoms with E-state index in [4.69, 9.17) is 0 Å². The summed E-state index contributed by atoms with van der Waals surface area (Å²) in [6.45, 7) is 8.81. The third kappa shape index (κ3) is 8.48. The molecule has 0 fully saturated rings. The number of nitrogens with zero attached hydrogens (tertiary/aromatic N) is 1. The Morgan fingerprint density at radius 3 is 2.00 bits per heavy atom. The molecule has 2 rings (SSSR count). The molecule has 2 amide bonds. The van der Waals surface area contributed by atoms with Crippen LogP contribution in [0, 0.1) is 0 Å². The van der Waals surface area contributed by atoms with Crippen LogP contribution < -0.4 is 10.6 Å². The number of nitrogens with one attached hydrogen (secondary N) is 2. The van der Waals surface area contributed by atoms with Crippen LogP contribution in [0.25, 0.3) is 0 Å². The first kappa shape index (κ1) is 22.6. The molecule has 0 radical (unpaired) electrons. The molecule has 0 bridgehead atoms. The predicted octanol–water partition coefficient (Wildman–Crippen LogP) is 3.32. The summed E-state index contributed by atoms with van der Waals surface area (Å²) in [6, 6.07) is 20.0. The van der Waals surface area contributed by atoms with Gasteiger partial charge in [0.2, 0.25) is 11.8 Å². The van der Waals surface area contributed by atoms with Crippen molar-refractivity contribution in [2.24, 2.45) is 0 Å². The quantitative estimate of drug-likeness (QED) is 0.685. The molecule has 0 aliphatic heterocycles. The Hall–Kier alpha value is -2.66. The molecule has 0 heterocycles. The monoisotopic (exact) mass is 395 g/mol. The lowest BCUT2D eigenvalue weighted by Crippen LogP contribution is -2.48. The average Bonchev–Trinajstić information content (AvgIpc) is 2.67. The molecule has 0 aromatic heterocycles. The minimum atomic E-state index is -0.285. The summed E-state index contributed by atoms with van der Waals surface area (Å²) in [7, 11) is 0. The summed E-state index contributed by atoms with van der Waals surface area (Å²) in [5.41, 5.74) is 1.95. The van der Waals surface area contributed by atoms with Crippen molar-refractivity contribution < 1.29 is 9.59 Å². The molecule has 156 valence electrons. The van der Waals surface area contributed by atoms with Gasteiger partial charge in [-0.1, -0.05) is 67.6 Å². The third-order valence-electron chi connectivity index (χ3n) is 4.52. The Morgan fingerprint density at radius 1 is 0.897 bits per heavy atom. The van der Waals surface area contributed by atoms with Gasteiger partial charge < -0.3 is 10.6 Å². The van der Waals surface area contributed by atoms with Crippen LogP contribution in [0.4, 0.5) is 0 Å². The van der Waals surface area contributed by atoms with E-state index in [0.717, 1.165) is 5.56 Å². The van der Waals surface area contributed by atoms with Crippen molar-refractivity contribution in [3.05, 3.63) is 71.8 Å². The van der Waals surface area contributed by atoms with Gasteiger partial charge in [0.15, 0.2) is 0 Å². The van der Waals surface area contributed by atoms with E-state index in [1.54, 1.807) is 0 Å². The molecule has 0 saturated carbocycles. The van der Waals surface area contributed by atoms with Crippen molar-refractivity contribution >= 4 is 11.8 Å². The minimum Gasteiger partial charge on any atom is -0.350 e. The van der Waals surface area contributed by atoms with Crippen LogP contribution in [0.15, 0.2) is 60.7 Å². The zero-order valence-corrected chi connectivity index (χ0v) is 17.9. The number of rotatable bonds is 9. The van der Waals surface area contributed by atoms with Gasteiger partial charge in [-0.05, 0) is 44.9 Å². The van der Waals surface area contributed by atoms with Crippen LogP contribution in [-0.4, -0.2) is 41.9 Å². The lowest BCUT2D eigenvalue weighted by molar-refractivity contribution is -0.126. The second-order valence-corrected chi connectivity index (χ2v) is 8.32. The fourth-order valence-electron chi connectivity index (χ4n) is 3.17. The average molecular weight is 396 g/mol. The van der Waals surface area contributed by atoms with E-state index in [1.165, 1.54) is 5.56 Å². The summed E-state index contributed by atoms with van der Waals surface area (Å²) in [5, 5.41) is 6.10. The van der Waals surface area contributed by atoms with E-state index in [1.807, 2.05) is 81.1 Å². The van der Waals surface area contributed by atoms with Crippen molar-refractivity contribution in [1.82, 2.24) is 15.5 Å². The summed E-state index contributed by atoms with van der Waals surface area (Å²) in [4.78, 5) is 26.8. The Balaban J connectivity index is 2.01. The smallest absolute Gasteiger partial charge is 0.234 e. The summed E-state index contributed by atoms with van der Waals surface area (Å²) >= 11 is 0.